The number of rotatable bonds is 6. The molecule has 0 aromatic carbocycles. The number of amides is 1. The molecule has 1 amide bonds. The molecule has 0 radical (unpaired) electrons. The maximum absolute atomic E-state index is 12.0. The van der Waals surface area contributed by atoms with Crippen LogP contribution in [-0.4, -0.2) is 39.9 Å². The second kappa shape index (κ2) is 8.90. The molecule has 110 valence electrons. The van der Waals surface area contributed by atoms with Gasteiger partial charge in [-0.15, -0.1) is 11.3 Å². The molecule has 0 bridgehead atoms. The highest BCUT2D eigenvalue weighted by Crippen LogP contribution is 2.13. The van der Waals surface area contributed by atoms with Gasteiger partial charge in [0, 0.05) is 40.7 Å². The third kappa shape index (κ3) is 6.33. The predicted molar refractivity (Wildman–Crippen MR) is 83.4 cm³/mol. The van der Waals surface area contributed by atoms with Crippen LogP contribution in [0.15, 0.2) is 11.4 Å². The van der Waals surface area contributed by atoms with Crippen LogP contribution in [0.25, 0.3) is 0 Å². The number of aliphatic hydroxyl groups is 1. The topological polar surface area (TPSA) is 66.4 Å². The van der Waals surface area contributed by atoms with E-state index in [0.717, 1.165) is 4.88 Å². The minimum atomic E-state index is -0.834. The highest BCUT2D eigenvalue weighted by atomic mass is 32.2. The Kier molecular flexibility index (Phi) is 7.52. The molecular weight excluding hydrogens is 294 g/mol. The second-order valence-corrected chi connectivity index (χ2v) is 6.88. The molecule has 20 heavy (non-hydrogen) atoms. The zero-order valence-electron chi connectivity index (χ0n) is 11.6. The molecule has 0 aliphatic carbocycles. The lowest BCUT2D eigenvalue weighted by atomic mass is 10.2. The average Bonchev–Trinajstić information content (AvgIpc) is 2.85. The second-order valence-electron chi connectivity index (χ2n) is 4.42. The molecule has 2 N–H and O–H groups in total. The molecule has 1 rings (SSSR count). The minimum absolute atomic E-state index is 0.00442. The smallest absolute Gasteiger partial charge is 0.252 e. The standard InChI is InChI=1S/C14H19NO3S2/c1-11(6-8-20(2)18)15-14(17)12-9-13(19-10-12)5-3-4-7-16/h9-11,16H,4,6-8H2,1-2H3,(H,15,17). The van der Waals surface area contributed by atoms with Crippen molar-refractivity contribution in [2.45, 2.75) is 25.8 Å². The maximum Gasteiger partial charge on any atom is 0.252 e. The first-order valence-electron chi connectivity index (χ1n) is 6.32. The van der Waals surface area contributed by atoms with Crippen LogP contribution in [0.3, 0.4) is 0 Å². The number of hydrogen-bond acceptors (Lipinski definition) is 4. The van der Waals surface area contributed by atoms with Crippen molar-refractivity contribution < 1.29 is 14.1 Å². The molecule has 0 aliphatic heterocycles. The van der Waals surface area contributed by atoms with Gasteiger partial charge in [-0.1, -0.05) is 11.8 Å². The summed E-state index contributed by atoms with van der Waals surface area (Å²) >= 11 is 1.41. The fourth-order valence-corrected chi connectivity index (χ4v) is 2.89. The molecule has 1 heterocycles. The van der Waals surface area contributed by atoms with Crippen LogP contribution in [0.2, 0.25) is 0 Å². The van der Waals surface area contributed by atoms with Gasteiger partial charge in [0.2, 0.25) is 0 Å². The number of carbonyl (C=O) groups excluding carboxylic acids is 1. The van der Waals surface area contributed by atoms with Crippen LogP contribution >= 0.6 is 11.3 Å². The molecule has 2 atom stereocenters. The van der Waals surface area contributed by atoms with E-state index in [0.29, 0.717) is 24.2 Å². The largest absolute Gasteiger partial charge is 0.395 e. The van der Waals surface area contributed by atoms with Crippen LogP contribution in [-0.2, 0) is 10.8 Å². The Morgan fingerprint density at radius 2 is 2.35 bits per heavy atom. The van der Waals surface area contributed by atoms with Crippen molar-refractivity contribution in [3.63, 3.8) is 0 Å². The van der Waals surface area contributed by atoms with E-state index >= 15 is 0 Å². The summed E-state index contributed by atoms with van der Waals surface area (Å²) < 4.78 is 11.0. The Morgan fingerprint density at radius 3 is 3.00 bits per heavy atom. The van der Waals surface area contributed by atoms with Gasteiger partial charge in [-0.3, -0.25) is 9.00 Å². The summed E-state index contributed by atoms with van der Waals surface area (Å²) in [6.07, 6.45) is 2.79. The lowest BCUT2D eigenvalue weighted by Crippen LogP contribution is -2.33. The lowest BCUT2D eigenvalue weighted by Gasteiger charge is -2.12. The maximum atomic E-state index is 12.0. The molecule has 0 spiro atoms. The summed E-state index contributed by atoms with van der Waals surface area (Å²) in [6, 6.07) is 1.74. The van der Waals surface area contributed by atoms with E-state index in [1.54, 1.807) is 17.7 Å². The van der Waals surface area contributed by atoms with Crippen molar-refractivity contribution in [3.05, 3.63) is 21.9 Å². The van der Waals surface area contributed by atoms with Crippen LogP contribution in [0.5, 0.6) is 0 Å². The van der Waals surface area contributed by atoms with Crippen LogP contribution in [0, 0.1) is 11.8 Å². The quantitative estimate of drug-likeness (QED) is 0.780. The molecule has 0 saturated heterocycles. The van der Waals surface area contributed by atoms with Crippen LogP contribution in [0.4, 0.5) is 0 Å². The molecule has 0 aliphatic rings. The first-order valence-corrected chi connectivity index (χ1v) is 8.92. The van der Waals surface area contributed by atoms with Crippen molar-refractivity contribution in [1.82, 2.24) is 5.32 Å². The molecule has 2 unspecified atom stereocenters. The van der Waals surface area contributed by atoms with Gasteiger partial charge in [0.1, 0.15) is 0 Å². The van der Waals surface area contributed by atoms with Crippen molar-refractivity contribution >= 4 is 28.0 Å². The summed E-state index contributed by atoms with van der Waals surface area (Å²) in [5.74, 6) is 6.18. The van der Waals surface area contributed by atoms with E-state index in [9.17, 15) is 9.00 Å². The third-order valence-corrected chi connectivity index (χ3v) is 4.18. The van der Waals surface area contributed by atoms with Crippen molar-refractivity contribution in [3.8, 4) is 11.8 Å². The summed E-state index contributed by atoms with van der Waals surface area (Å²) in [7, 11) is -0.834. The molecule has 1 aromatic heterocycles. The zero-order valence-corrected chi connectivity index (χ0v) is 13.3. The summed E-state index contributed by atoms with van der Waals surface area (Å²) in [5, 5.41) is 13.3. The van der Waals surface area contributed by atoms with Crippen LogP contribution < -0.4 is 5.32 Å². The Morgan fingerprint density at radius 1 is 1.60 bits per heavy atom. The third-order valence-electron chi connectivity index (χ3n) is 2.53. The van der Waals surface area contributed by atoms with E-state index < -0.39 is 10.8 Å². The summed E-state index contributed by atoms with van der Waals surface area (Å²) in [5.41, 5.74) is 0.591. The van der Waals surface area contributed by atoms with E-state index in [2.05, 4.69) is 17.2 Å². The Labute approximate surface area is 126 Å². The van der Waals surface area contributed by atoms with Gasteiger partial charge in [0.05, 0.1) is 17.0 Å². The lowest BCUT2D eigenvalue weighted by molar-refractivity contribution is 0.0940. The van der Waals surface area contributed by atoms with Gasteiger partial charge in [-0.25, -0.2) is 0 Å². The van der Waals surface area contributed by atoms with E-state index in [4.69, 9.17) is 5.11 Å². The number of carbonyl (C=O) groups is 1. The zero-order chi connectivity index (χ0) is 15.0. The molecule has 6 heteroatoms. The normalized spacial score (nSPS) is 13.2. The number of nitrogens with one attached hydrogen (secondary N) is 1. The van der Waals surface area contributed by atoms with E-state index in [1.165, 1.54) is 11.3 Å². The van der Waals surface area contributed by atoms with Gasteiger partial charge >= 0.3 is 0 Å². The monoisotopic (exact) mass is 313 g/mol. The first-order chi connectivity index (χ1) is 9.52. The number of aliphatic hydroxyl groups excluding tert-OH is 1. The molecular formula is C14H19NO3S2. The van der Waals surface area contributed by atoms with Gasteiger partial charge in [-0.2, -0.15) is 0 Å². The Bertz CT molecular complexity index is 528. The van der Waals surface area contributed by atoms with Crippen LogP contribution in [0.1, 0.15) is 35.0 Å². The Balaban J connectivity index is 2.52. The van der Waals surface area contributed by atoms with Gasteiger partial charge in [-0.05, 0) is 19.4 Å². The summed E-state index contributed by atoms with van der Waals surface area (Å²) in [6.45, 7) is 1.95. The van der Waals surface area contributed by atoms with Crippen molar-refractivity contribution in [2.75, 3.05) is 18.6 Å². The SMILES string of the molecule is CC(CCS(C)=O)NC(=O)c1csc(C#CCCO)c1. The van der Waals surface area contributed by atoms with E-state index in [1.807, 2.05) is 6.92 Å². The Hall–Kier alpha value is -1.16. The highest BCUT2D eigenvalue weighted by molar-refractivity contribution is 7.84. The predicted octanol–water partition coefficient (Wildman–Crippen LogP) is 1.37. The molecule has 0 fully saturated rings. The fraction of sp³-hybridized carbons (Fsp3) is 0.500. The van der Waals surface area contributed by atoms with Gasteiger partial charge in [0.25, 0.3) is 5.91 Å². The van der Waals surface area contributed by atoms with Crippen molar-refractivity contribution in [2.24, 2.45) is 0 Å². The molecule has 0 saturated carbocycles. The molecule has 1 aromatic rings. The van der Waals surface area contributed by atoms with E-state index in [-0.39, 0.29) is 18.6 Å². The molecule has 4 nitrogen and oxygen atoms in total. The van der Waals surface area contributed by atoms with Crippen molar-refractivity contribution in [1.29, 1.82) is 0 Å². The summed E-state index contributed by atoms with van der Waals surface area (Å²) in [4.78, 5) is 12.8. The average molecular weight is 313 g/mol. The first kappa shape index (κ1) is 16.9. The van der Waals surface area contributed by atoms with Gasteiger partial charge < -0.3 is 10.4 Å². The minimum Gasteiger partial charge on any atom is -0.395 e. The highest BCUT2D eigenvalue weighted by Gasteiger charge is 2.11. The number of hydrogen-bond donors (Lipinski definition) is 2. The number of thiophene rings is 1. The fourth-order valence-electron chi connectivity index (χ4n) is 1.45. The van der Waals surface area contributed by atoms with Gasteiger partial charge in [0.15, 0.2) is 0 Å².